The van der Waals surface area contributed by atoms with Crippen LogP contribution in [0.5, 0.6) is 0 Å². The fourth-order valence-corrected chi connectivity index (χ4v) is 3.27. The topological polar surface area (TPSA) is 32.3 Å². The normalized spacial score (nSPS) is 16.4. The third kappa shape index (κ3) is 4.64. The van der Waals surface area contributed by atoms with Crippen LogP contribution in [-0.4, -0.2) is 29.9 Å². The lowest BCUT2D eigenvalue weighted by molar-refractivity contribution is -0.138. The van der Waals surface area contributed by atoms with E-state index in [1.54, 1.807) is 18.2 Å². The number of nitrogens with zero attached hydrogens (tertiary/aromatic N) is 1. The van der Waals surface area contributed by atoms with E-state index in [2.05, 4.69) is 5.32 Å². The minimum Gasteiger partial charge on any atom is -0.349 e. The Kier molecular flexibility index (Phi) is 5.61. The summed E-state index contributed by atoms with van der Waals surface area (Å²) in [6, 6.07) is 14.8. The summed E-state index contributed by atoms with van der Waals surface area (Å²) in [6.45, 7) is 1.59. The molecule has 0 spiro atoms. The van der Waals surface area contributed by atoms with E-state index in [4.69, 9.17) is 0 Å². The Morgan fingerprint density at radius 1 is 1.00 bits per heavy atom. The number of carbonyl (C=O) groups excluding carboxylic acids is 1. The molecule has 2 aromatic carbocycles. The standard InChI is InChI=1S/C20H21F3N2O/c21-20(22,23)18-9-5-4-8-16(18)14-25-12-10-17(11-13-25)24-19(26)15-6-2-1-3-7-15/h1-9,17H,10-14H2,(H,24,26). The SMILES string of the molecule is O=C(NC1CCN(Cc2ccccc2C(F)(F)F)CC1)c1ccccc1. The molecule has 0 radical (unpaired) electrons. The number of hydrogen-bond acceptors (Lipinski definition) is 2. The van der Waals surface area contributed by atoms with Gasteiger partial charge in [-0.15, -0.1) is 0 Å². The van der Waals surface area contributed by atoms with Gasteiger partial charge in [0, 0.05) is 31.2 Å². The molecule has 3 rings (SSSR count). The first kappa shape index (κ1) is 18.5. The first-order chi connectivity index (χ1) is 12.4. The van der Waals surface area contributed by atoms with Gasteiger partial charge in [-0.25, -0.2) is 0 Å². The minimum absolute atomic E-state index is 0.0526. The van der Waals surface area contributed by atoms with E-state index in [-0.39, 0.29) is 18.5 Å². The lowest BCUT2D eigenvalue weighted by atomic mass is 10.0. The molecule has 138 valence electrons. The fraction of sp³-hybridized carbons (Fsp3) is 0.350. The molecule has 26 heavy (non-hydrogen) atoms. The number of alkyl halides is 3. The van der Waals surface area contributed by atoms with Crippen LogP contribution in [0.1, 0.15) is 34.3 Å². The maximum atomic E-state index is 13.1. The van der Waals surface area contributed by atoms with Crippen molar-refractivity contribution in [3.05, 3.63) is 71.3 Å². The van der Waals surface area contributed by atoms with Gasteiger partial charge in [0.1, 0.15) is 0 Å². The van der Waals surface area contributed by atoms with E-state index in [0.29, 0.717) is 24.2 Å². The molecule has 0 aromatic heterocycles. The quantitative estimate of drug-likeness (QED) is 0.888. The Hall–Kier alpha value is -2.34. The molecule has 0 unspecified atom stereocenters. The number of rotatable bonds is 4. The van der Waals surface area contributed by atoms with Crippen LogP contribution >= 0.6 is 0 Å². The van der Waals surface area contributed by atoms with E-state index in [1.807, 2.05) is 23.1 Å². The molecule has 3 nitrogen and oxygen atoms in total. The average Bonchev–Trinajstić information content (AvgIpc) is 2.63. The number of halogens is 3. The number of carbonyl (C=O) groups is 1. The Morgan fingerprint density at radius 3 is 2.27 bits per heavy atom. The summed E-state index contributed by atoms with van der Waals surface area (Å²) >= 11 is 0. The van der Waals surface area contributed by atoms with Crippen LogP contribution in [0.15, 0.2) is 54.6 Å². The molecule has 0 saturated carbocycles. The predicted octanol–water partition coefficient (Wildman–Crippen LogP) is 4.10. The highest BCUT2D eigenvalue weighted by atomic mass is 19.4. The van der Waals surface area contributed by atoms with E-state index in [1.165, 1.54) is 12.1 Å². The van der Waals surface area contributed by atoms with Gasteiger partial charge in [0.05, 0.1) is 5.56 Å². The molecule has 1 aliphatic heterocycles. The lowest BCUT2D eigenvalue weighted by Crippen LogP contribution is -2.44. The summed E-state index contributed by atoms with van der Waals surface area (Å²) in [5.74, 6) is -0.105. The van der Waals surface area contributed by atoms with Gasteiger partial charge in [-0.2, -0.15) is 13.2 Å². The number of amides is 1. The van der Waals surface area contributed by atoms with Crippen molar-refractivity contribution in [3.63, 3.8) is 0 Å². The first-order valence-electron chi connectivity index (χ1n) is 8.67. The fourth-order valence-electron chi connectivity index (χ4n) is 3.27. The highest BCUT2D eigenvalue weighted by molar-refractivity contribution is 5.94. The van der Waals surface area contributed by atoms with Gasteiger partial charge in [0.25, 0.3) is 5.91 Å². The highest BCUT2D eigenvalue weighted by Gasteiger charge is 2.33. The summed E-state index contributed by atoms with van der Waals surface area (Å²) < 4.78 is 39.3. The minimum atomic E-state index is -4.33. The number of piperidine rings is 1. The molecule has 0 atom stereocenters. The van der Waals surface area contributed by atoms with Crippen molar-refractivity contribution in [2.24, 2.45) is 0 Å². The molecule has 2 aromatic rings. The average molecular weight is 362 g/mol. The van der Waals surface area contributed by atoms with Gasteiger partial charge in [-0.3, -0.25) is 9.69 Å². The van der Waals surface area contributed by atoms with Crippen molar-refractivity contribution in [1.29, 1.82) is 0 Å². The summed E-state index contributed by atoms with van der Waals surface area (Å²) in [4.78, 5) is 14.2. The van der Waals surface area contributed by atoms with Crippen molar-refractivity contribution in [2.45, 2.75) is 31.6 Å². The molecule has 1 saturated heterocycles. The van der Waals surface area contributed by atoms with Crippen LogP contribution < -0.4 is 5.32 Å². The summed E-state index contributed by atoms with van der Waals surface area (Å²) in [5.41, 5.74) is 0.348. The predicted molar refractivity (Wildman–Crippen MR) is 93.7 cm³/mol. The van der Waals surface area contributed by atoms with Crippen molar-refractivity contribution < 1.29 is 18.0 Å². The summed E-state index contributed by atoms with van der Waals surface area (Å²) in [6.07, 6.45) is -2.88. The van der Waals surface area contributed by atoms with Crippen molar-refractivity contribution >= 4 is 5.91 Å². The van der Waals surface area contributed by atoms with Gasteiger partial charge in [-0.05, 0) is 36.6 Å². The number of hydrogen-bond donors (Lipinski definition) is 1. The lowest BCUT2D eigenvalue weighted by Gasteiger charge is -2.33. The Bertz CT molecular complexity index is 738. The Morgan fingerprint density at radius 2 is 1.62 bits per heavy atom. The second-order valence-corrected chi connectivity index (χ2v) is 6.54. The van der Waals surface area contributed by atoms with Crippen LogP contribution in [-0.2, 0) is 12.7 Å². The molecule has 1 amide bonds. The number of benzene rings is 2. The third-order valence-electron chi connectivity index (χ3n) is 4.68. The van der Waals surface area contributed by atoms with Crippen LogP contribution in [0.4, 0.5) is 13.2 Å². The monoisotopic (exact) mass is 362 g/mol. The molecule has 0 aliphatic carbocycles. The summed E-state index contributed by atoms with van der Waals surface area (Å²) in [7, 11) is 0. The van der Waals surface area contributed by atoms with Gasteiger partial charge in [0.2, 0.25) is 0 Å². The maximum absolute atomic E-state index is 13.1. The Balaban J connectivity index is 1.54. The zero-order chi connectivity index (χ0) is 18.6. The molecule has 1 N–H and O–H groups in total. The third-order valence-corrected chi connectivity index (χ3v) is 4.68. The summed E-state index contributed by atoms with van der Waals surface area (Å²) in [5, 5.41) is 3.01. The van der Waals surface area contributed by atoms with Crippen LogP contribution in [0.2, 0.25) is 0 Å². The highest BCUT2D eigenvalue weighted by Crippen LogP contribution is 2.32. The zero-order valence-corrected chi connectivity index (χ0v) is 14.3. The second-order valence-electron chi connectivity index (χ2n) is 6.54. The first-order valence-corrected chi connectivity index (χ1v) is 8.67. The van der Waals surface area contributed by atoms with Crippen molar-refractivity contribution in [1.82, 2.24) is 10.2 Å². The van der Waals surface area contributed by atoms with Crippen LogP contribution in [0.3, 0.4) is 0 Å². The van der Waals surface area contributed by atoms with E-state index in [0.717, 1.165) is 18.9 Å². The molecule has 1 aliphatic rings. The molecular formula is C20H21F3N2O. The maximum Gasteiger partial charge on any atom is 0.416 e. The molecular weight excluding hydrogens is 341 g/mol. The van der Waals surface area contributed by atoms with E-state index >= 15 is 0 Å². The smallest absolute Gasteiger partial charge is 0.349 e. The van der Waals surface area contributed by atoms with Crippen molar-refractivity contribution in [2.75, 3.05) is 13.1 Å². The Labute approximate surface area is 150 Å². The van der Waals surface area contributed by atoms with E-state index in [9.17, 15) is 18.0 Å². The van der Waals surface area contributed by atoms with Crippen LogP contribution in [0, 0.1) is 0 Å². The zero-order valence-electron chi connectivity index (χ0n) is 14.3. The van der Waals surface area contributed by atoms with Crippen LogP contribution in [0.25, 0.3) is 0 Å². The van der Waals surface area contributed by atoms with Gasteiger partial charge < -0.3 is 5.32 Å². The van der Waals surface area contributed by atoms with Gasteiger partial charge in [0.15, 0.2) is 0 Å². The number of likely N-dealkylation sites (tertiary alicyclic amines) is 1. The van der Waals surface area contributed by atoms with Gasteiger partial charge >= 0.3 is 6.18 Å². The number of nitrogens with one attached hydrogen (secondary N) is 1. The van der Waals surface area contributed by atoms with E-state index < -0.39 is 11.7 Å². The second kappa shape index (κ2) is 7.91. The molecule has 0 bridgehead atoms. The molecule has 1 fully saturated rings. The molecule has 1 heterocycles. The largest absolute Gasteiger partial charge is 0.416 e. The van der Waals surface area contributed by atoms with Gasteiger partial charge in [-0.1, -0.05) is 36.4 Å². The van der Waals surface area contributed by atoms with Crippen molar-refractivity contribution in [3.8, 4) is 0 Å². The molecule has 6 heteroatoms.